The first-order valence-electron chi connectivity index (χ1n) is 7.41. The third-order valence-electron chi connectivity index (χ3n) is 3.73. The molecular formula is C19H13N5O. The molecule has 0 radical (unpaired) electrons. The van der Waals surface area contributed by atoms with Gasteiger partial charge in [-0.05, 0) is 29.8 Å². The second-order valence-corrected chi connectivity index (χ2v) is 5.15. The fraction of sp³-hybridized carbons (Fsp3) is 0.0526. The minimum atomic E-state index is -0.0782. The zero-order valence-electron chi connectivity index (χ0n) is 13.4. The zero-order chi connectivity index (χ0) is 17.8. The standard InChI is InChI=1S/C19H13N5O/c1-25-15-9-7-14(8-10-15)24-19(22)16(11-20)18(17(12-21)23-24)13-5-3-2-4-6-13/h2-10,22H,1H3. The van der Waals surface area contributed by atoms with Crippen LogP contribution in [0.3, 0.4) is 0 Å². The fourth-order valence-corrected chi connectivity index (χ4v) is 2.53. The number of rotatable bonds is 3. The van der Waals surface area contributed by atoms with Gasteiger partial charge in [0.25, 0.3) is 0 Å². The predicted molar refractivity (Wildman–Crippen MR) is 90.8 cm³/mol. The number of nitrogens with one attached hydrogen (secondary N) is 1. The second-order valence-electron chi connectivity index (χ2n) is 5.15. The van der Waals surface area contributed by atoms with Crippen LogP contribution in [0.4, 0.5) is 0 Å². The van der Waals surface area contributed by atoms with Crippen LogP contribution in [0.5, 0.6) is 5.75 Å². The van der Waals surface area contributed by atoms with Crippen LogP contribution >= 0.6 is 0 Å². The van der Waals surface area contributed by atoms with E-state index in [-0.39, 0.29) is 16.7 Å². The Balaban J connectivity index is 2.29. The van der Waals surface area contributed by atoms with Gasteiger partial charge in [0.05, 0.1) is 12.8 Å². The fourth-order valence-electron chi connectivity index (χ4n) is 2.53. The van der Waals surface area contributed by atoms with Gasteiger partial charge < -0.3 is 4.74 Å². The average Bonchev–Trinajstić information content (AvgIpc) is 2.68. The van der Waals surface area contributed by atoms with E-state index >= 15 is 0 Å². The molecule has 3 aromatic rings. The molecule has 1 N–H and O–H groups in total. The highest BCUT2D eigenvalue weighted by atomic mass is 16.5. The number of nitrogens with zero attached hydrogens (tertiary/aromatic N) is 4. The Hall–Kier alpha value is -3.90. The van der Waals surface area contributed by atoms with Crippen LogP contribution in [0, 0.1) is 28.1 Å². The Kier molecular flexibility index (Phi) is 4.28. The van der Waals surface area contributed by atoms with Crippen molar-refractivity contribution in [3.05, 3.63) is 71.3 Å². The van der Waals surface area contributed by atoms with Crippen LogP contribution in [0.25, 0.3) is 16.8 Å². The first-order chi connectivity index (χ1) is 12.2. The minimum absolute atomic E-state index is 0.0782. The molecule has 1 heterocycles. The van der Waals surface area contributed by atoms with E-state index in [9.17, 15) is 10.5 Å². The Morgan fingerprint density at radius 1 is 1.00 bits per heavy atom. The van der Waals surface area contributed by atoms with Crippen molar-refractivity contribution in [2.45, 2.75) is 0 Å². The Labute approximate surface area is 144 Å². The third-order valence-corrected chi connectivity index (χ3v) is 3.73. The molecular weight excluding hydrogens is 314 g/mol. The lowest BCUT2D eigenvalue weighted by atomic mass is 10.00. The normalized spacial score (nSPS) is 9.88. The number of hydrogen-bond donors (Lipinski definition) is 1. The van der Waals surface area contributed by atoms with Gasteiger partial charge in [-0.1, -0.05) is 30.3 Å². The van der Waals surface area contributed by atoms with Gasteiger partial charge in [0.1, 0.15) is 23.5 Å². The SMILES string of the molecule is COc1ccc(-n2nc(C#N)c(-c3ccccc3)c(C#N)c2=N)cc1. The molecule has 1 aromatic heterocycles. The summed E-state index contributed by atoms with van der Waals surface area (Å²) in [6, 6.07) is 20.0. The van der Waals surface area contributed by atoms with Crippen LogP contribution in [0.2, 0.25) is 0 Å². The maximum absolute atomic E-state index is 9.59. The molecule has 0 saturated heterocycles. The van der Waals surface area contributed by atoms with E-state index in [0.29, 0.717) is 22.6 Å². The second kappa shape index (κ2) is 6.69. The van der Waals surface area contributed by atoms with Gasteiger partial charge in [0.2, 0.25) is 0 Å². The van der Waals surface area contributed by atoms with E-state index < -0.39 is 0 Å². The van der Waals surface area contributed by atoms with Crippen LogP contribution in [0.15, 0.2) is 54.6 Å². The Morgan fingerprint density at radius 3 is 2.24 bits per heavy atom. The van der Waals surface area contributed by atoms with Crippen molar-refractivity contribution >= 4 is 0 Å². The first-order valence-corrected chi connectivity index (χ1v) is 7.41. The van der Waals surface area contributed by atoms with Gasteiger partial charge in [0.15, 0.2) is 11.2 Å². The maximum atomic E-state index is 9.59. The van der Waals surface area contributed by atoms with E-state index in [1.165, 1.54) is 4.68 Å². The molecule has 3 rings (SSSR count). The summed E-state index contributed by atoms with van der Waals surface area (Å²) < 4.78 is 6.40. The highest BCUT2D eigenvalue weighted by molar-refractivity contribution is 5.74. The largest absolute Gasteiger partial charge is 0.497 e. The summed E-state index contributed by atoms with van der Waals surface area (Å²) in [4.78, 5) is 0. The Morgan fingerprint density at radius 2 is 1.68 bits per heavy atom. The molecule has 0 unspecified atom stereocenters. The number of nitriles is 2. The topological polar surface area (TPSA) is 98.5 Å². The summed E-state index contributed by atoms with van der Waals surface area (Å²) in [5.74, 6) is 0.665. The third kappa shape index (κ3) is 2.85. The molecule has 6 nitrogen and oxygen atoms in total. The van der Waals surface area contributed by atoms with E-state index in [0.717, 1.165) is 0 Å². The van der Waals surface area contributed by atoms with Gasteiger partial charge in [0, 0.05) is 5.56 Å². The van der Waals surface area contributed by atoms with Crippen molar-refractivity contribution in [1.29, 1.82) is 15.9 Å². The number of benzene rings is 2. The molecule has 0 atom stereocenters. The number of methoxy groups -OCH3 is 1. The summed E-state index contributed by atoms with van der Waals surface area (Å²) in [5.41, 5.74) is 1.74. The molecule has 0 spiro atoms. The summed E-state index contributed by atoms with van der Waals surface area (Å²) in [5, 5.41) is 31.8. The van der Waals surface area contributed by atoms with Crippen molar-refractivity contribution in [1.82, 2.24) is 9.78 Å². The summed E-state index contributed by atoms with van der Waals surface area (Å²) >= 11 is 0. The summed E-state index contributed by atoms with van der Waals surface area (Å²) in [7, 11) is 1.56. The van der Waals surface area contributed by atoms with Crippen molar-refractivity contribution in [3.63, 3.8) is 0 Å². The number of ether oxygens (including phenoxy) is 1. The number of aromatic nitrogens is 2. The lowest BCUT2D eigenvalue weighted by Gasteiger charge is -2.12. The van der Waals surface area contributed by atoms with Crippen molar-refractivity contribution < 1.29 is 4.74 Å². The number of hydrogen-bond acceptors (Lipinski definition) is 5. The van der Waals surface area contributed by atoms with Gasteiger partial charge in [-0.15, -0.1) is 0 Å². The quantitative estimate of drug-likeness (QED) is 0.799. The highest BCUT2D eigenvalue weighted by Crippen LogP contribution is 2.24. The van der Waals surface area contributed by atoms with E-state index in [4.69, 9.17) is 10.1 Å². The molecule has 25 heavy (non-hydrogen) atoms. The van der Waals surface area contributed by atoms with Crippen molar-refractivity contribution in [2.75, 3.05) is 7.11 Å². The molecule has 0 aliphatic rings. The molecule has 0 aliphatic carbocycles. The van der Waals surface area contributed by atoms with Gasteiger partial charge in [-0.25, -0.2) is 4.68 Å². The lowest BCUT2D eigenvalue weighted by molar-refractivity contribution is 0.414. The van der Waals surface area contributed by atoms with Crippen molar-refractivity contribution in [2.24, 2.45) is 0 Å². The summed E-state index contributed by atoms with van der Waals surface area (Å²) in [6.07, 6.45) is 0. The zero-order valence-corrected chi connectivity index (χ0v) is 13.4. The van der Waals surface area contributed by atoms with Crippen LogP contribution < -0.4 is 10.2 Å². The molecule has 120 valence electrons. The Bertz CT molecular complexity index is 1050. The van der Waals surface area contributed by atoms with Gasteiger partial charge in [-0.3, -0.25) is 5.41 Å². The van der Waals surface area contributed by atoms with Crippen LogP contribution in [0.1, 0.15) is 11.3 Å². The minimum Gasteiger partial charge on any atom is -0.497 e. The highest BCUT2D eigenvalue weighted by Gasteiger charge is 2.17. The molecule has 0 amide bonds. The maximum Gasteiger partial charge on any atom is 0.170 e. The molecule has 0 saturated carbocycles. The first kappa shape index (κ1) is 16.0. The predicted octanol–water partition coefficient (Wildman–Crippen LogP) is 2.77. The molecule has 2 aromatic carbocycles. The monoisotopic (exact) mass is 327 g/mol. The lowest BCUT2D eigenvalue weighted by Crippen LogP contribution is -2.26. The molecule has 0 bridgehead atoms. The molecule has 6 heteroatoms. The van der Waals surface area contributed by atoms with Crippen molar-refractivity contribution in [3.8, 4) is 34.7 Å². The van der Waals surface area contributed by atoms with Gasteiger partial charge >= 0.3 is 0 Å². The van der Waals surface area contributed by atoms with Crippen LogP contribution in [-0.4, -0.2) is 16.9 Å². The van der Waals surface area contributed by atoms with E-state index in [1.54, 1.807) is 43.5 Å². The molecule has 0 fully saturated rings. The summed E-state index contributed by atoms with van der Waals surface area (Å²) in [6.45, 7) is 0. The van der Waals surface area contributed by atoms with Crippen LogP contribution in [-0.2, 0) is 0 Å². The van der Waals surface area contributed by atoms with Gasteiger partial charge in [-0.2, -0.15) is 15.6 Å². The molecule has 0 aliphatic heterocycles. The average molecular weight is 327 g/mol. The van der Waals surface area contributed by atoms with E-state index in [2.05, 4.69) is 5.10 Å². The van der Waals surface area contributed by atoms with E-state index in [1.807, 2.05) is 30.3 Å². The smallest absolute Gasteiger partial charge is 0.170 e.